The number of aryl methyl sites for hydroxylation is 1. The molecule has 0 spiro atoms. The van der Waals surface area contributed by atoms with E-state index >= 15 is 0 Å². The summed E-state index contributed by atoms with van der Waals surface area (Å²) in [6, 6.07) is 9.76. The summed E-state index contributed by atoms with van der Waals surface area (Å²) < 4.78 is 5.46. The zero-order valence-electron chi connectivity index (χ0n) is 14.7. The van der Waals surface area contributed by atoms with E-state index in [1.165, 1.54) is 11.3 Å². The largest absolute Gasteiger partial charge is 0.449 e. The molecule has 1 aliphatic rings. The SMILES string of the molecule is CC(OC(=O)c1csc2c1CCCC2)C(=O)N(C)Cc1ccccc1. The lowest BCUT2D eigenvalue weighted by molar-refractivity contribution is -0.139. The molecule has 1 heterocycles. The van der Waals surface area contributed by atoms with E-state index in [1.54, 1.807) is 30.2 Å². The van der Waals surface area contributed by atoms with E-state index in [1.807, 2.05) is 35.7 Å². The molecule has 132 valence electrons. The first-order chi connectivity index (χ1) is 12.1. The Balaban J connectivity index is 1.61. The van der Waals surface area contributed by atoms with Crippen molar-refractivity contribution < 1.29 is 14.3 Å². The molecule has 3 rings (SSSR count). The fraction of sp³-hybridized carbons (Fsp3) is 0.400. The first-order valence-corrected chi connectivity index (χ1v) is 9.53. The van der Waals surface area contributed by atoms with E-state index in [4.69, 9.17) is 4.74 Å². The number of rotatable bonds is 5. The standard InChI is InChI=1S/C20H23NO3S/c1-14(19(22)21(2)12-15-8-4-3-5-9-15)24-20(23)17-13-25-18-11-7-6-10-16(17)18/h3-5,8-9,13-14H,6-7,10-12H2,1-2H3. The third kappa shape index (κ3) is 4.10. The molecule has 1 atom stereocenters. The van der Waals surface area contributed by atoms with Crippen LogP contribution in [0.4, 0.5) is 0 Å². The van der Waals surface area contributed by atoms with Crippen molar-refractivity contribution in [3.8, 4) is 0 Å². The average molecular weight is 357 g/mol. The third-order valence-corrected chi connectivity index (χ3v) is 5.64. The van der Waals surface area contributed by atoms with Gasteiger partial charge in [-0.1, -0.05) is 30.3 Å². The summed E-state index contributed by atoms with van der Waals surface area (Å²) in [5.41, 5.74) is 2.81. The molecule has 1 aromatic carbocycles. The lowest BCUT2D eigenvalue weighted by Crippen LogP contribution is -2.37. The summed E-state index contributed by atoms with van der Waals surface area (Å²) in [5.74, 6) is -0.574. The van der Waals surface area contributed by atoms with Gasteiger partial charge in [-0.05, 0) is 43.7 Å². The highest BCUT2D eigenvalue weighted by atomic mass is 32.1. The Morgan fingerprint density at radius 1 is 1.20 bits per heavy atom. The number of carbonyl (C=O) groups is 2. The van der Waals surface area contributed by atoms with Crippen molar-refractivity contribution in [3.63, 3.8) is 0 Å². The van der Waals surface area contributed by atoms with Gasteiger partial charge in [0, 0.05) is 23.8 Å². The average Bonchev–Trinajstić information content (AvgIpc) is 3.06. The van der Waals surface area contributed by atoms with Gasteiger partial charge in [-0.3, -0.25) is 4.79 Å². The minimum Gasteiger partial charge on any atom is -0.449 e. The van der Waals surface area contributed by atoms with Gasteiger partial charge in [0.1, 0.15) is 0 Å². The molecule has 0 bridgehead atoms. The predicted octanol–water partition coefficient (Wildman–Crippen LogP) is 3.83. The Morgan fingerprint density at radius 3 is 2.68 bits per heavy atom. The van der Waals surface area contributed by atoms with Gasteiger partial charge in [0.05, 0.1) is 5.56 Å². The number of likely N-dealkylation sites (N-methyl/N-ethyl adjacent to an activating group) is 1. The summed E-state index contributed by atoms with van der Waals surface area (Å²) in [7, 11) is 1.73. The molecular formula is C20H23NO3S. The predicted molar refractivity (Wildman–Crippen MR) is 98.8 cm³/mol. The number of benzene rings is 1. The van der Waals surface area contributed by atoms with Crippen LogP contribution in [0.5, 0.6) is 0 Å². The summed E-state index contributed by atoms with van der Waals surface area (Å²) >= 11 is 1.63. The molecule has 25 heavy (non-hydrogen) atoms. The summed E-state index contributed by atoms with van der Waals surface area (Å²) in [5, 5.41) is 1.88. The van der Waals surface area contributed by atoms with Gasteiger partial charge in [0.25, 0.3) is 5.91 Å². The number of carbonyl (C=O) groups excluding carboxylic acids is 2. The molecule has 0 radical (unpaired) electrons. The second kappa shape index (κ2) is 7.83. The molecule has 0 saturated heterocycles. The Morgan fingerprint density at radius 2 is 1.92 bits per heavy atom. The molecule has 1 amide bonds. The number of nitrogens with zero attached hydrogens (tertiary/aromatic N) is 1. The maximum Gasteiger partial charge on any atom is 0.340 e. The van der Waals surface area contributed by atoms with Gasteiger partial charge in [-0.15, -0.1) is 11.3 Å². The van der Waals surface area contributed by atoms with Crippen LogP contribution < -0.4 is 0 Å². The molecule has 0 saturated carbocycles. The van der Waals surface area contributed by atoms with Crippen molar-refractivity contribution in [1.29, 1.82) is 0 Å². The second-order valence-corrected chi connectivity index (χ2v) is 7.45. The molecule has 4 nitrogen and oxygen atoms in total. The van der Waals surface area contributed by atoms with Gasteiger partial charge in [0.15, 0.2) is 6.10 Å². The Hall–Kier alpha value is -2.14. The van der Waals surface area contributed by atoms with E-state index in [9.17, 15) is 9.59 Å². The molecular weight excluding hydrogens is 334 g/mol. The molecule has 1 unspecified atom stereocenters. The second-order valence-electron chi connectivity index (χ2n) is 6.49. The smallest absolute Gasteiger partial charge is 0.340 e. The van der Waals surface area contributed by atoms with Crippen LogP contribution in [0.1, 0.15) is 46.1 Å². The van der Waals surface area contributed by atoms with Gasteiger partial charge >= 0.3 is 5.97 Å². The molecule has 0 fully saturated rings. The van der Waals surface area contributed by atoms with Crippen molar-refractivity contribution in [2.45, 2.75) is 45.3 Å². The third-order valence-electron chi connectivity index (χ3n) is 4.55. The highest BCUT2D eigenvalue weighted by Gasteiger charge is 2.26. The first-order valence-electron chi connectivity index (χ1n) is 8.65. The lowest BCUT2D eigenvalue weighted by Gasteiger charge is -2.22. The van der Waals surface area contributed by atoms with Crippen LogP contribution in [-0.2, 0) is 28.9 Å². The van der Waals surface area contributed by atoms with Gasteiger partial charge < -0.3 is 9.64 Å². The molecule has 1 aromatic heterocycles. The Labute approximate surface area is 152 Å². The van der Waals surface area contributed by atoms with E-state index in [0.29, 0.717) is 12.1 Å². The molecule has 0 aliphatic heterocycles. The minimum absolute atomic E-state index is 0.193. The van der Waals surface area contributed by atoms with Crippen molar-refractivity contribution in [2.24, 2.45) is 0 Å². The molecule has 2 aromatic rings. The van der Waals surface area contributed by atoms with Gasteiger partial charge in [0.2, 0.25) is 0 Å². The zero-order chi connectivity index (χ0) is 17.8. The van der Waals surface area contributed by atoms with Crippen LogP contribution in [0.25, 0.3) is 0 Å². The number of hydrogen-bond acceptors (Lipinski definition) is 4. The van der Waals surface area contributed by atoms with Crippen LogP contribution >= 0.6 is 11.3 Å². The van der Waals surface area contributed by atoms with Crippen LogP contribution in [0, 0.1) is 0 Å². The molecule has 1 aliphatic carbocycles. The quantitative estimate of drug-likeness (QED) is 0.764. The van der Waals surface area contributed by atoms with E-state index in [-0.39, 0.29) is 11.9 Å². The summed E-state index contributed by atoms with van der Waals surface area (Å²) in [6.45, 7) is 2.13. The summed E-state index contributed by atoms with van der Waals surface area (Å²) in [6.07, 6.45) is 3.47. The van der Waals surface area contributed by atoms with Crippen LogP contribution in [0.3, 0.4) is 0 Å². The van der Waals surface area contributed by atoms with E-state index < -0.39 is 6.10 Å². The maximum atomic E-state index is 12.5. The van der Waals surface area contributed by atoms with Crippen molar-refractivity contribution in [2.75, 3.05) is 7.05 Å². The maximum absolute atomic E-state index is 12.5. The molecule has 5 heteroatoms. The van der Waals surface area contributed by atoms with Crippen molar-refractivity contribution in [3.05, 3.63) is 57.3 Å². The van der Waals surface area contributed by atoms with E-state index in [0.717, 1.165) is 30.4 Å². The van der Waals surface area contributed by atoms with Gasteiger partial charge in [-0.2, -0.15) is 0 Å². The number of ether oxygens (including phenoxy) is 1. The fourth-order valence-corrected chi connectivity index (χ4v) is 4.30. The number of esters is 1. The molecule has 0 N–H and O–H groups in total. The number of fused-ring (bicyclic) bond motifs is 1. The van der Waals surface area contributed by atoms with Crippen LogP contribution in [0.2, 0.25) is 0 Å². The van der Waals surface area contributed by atoms with E-state index in [2.05, 4.69) is 0 Å². The first kappa shape index (κ1) is 17.7. The highest BCUT2D eigenvalue weighted by molar-refractivity contribution is 7.10. The highest BCUT2D eigenvalue weighted by Crippen LogP contribution is 2.30. The van der Waals surface area contributed by atoms with Crippen LogP contribution in [0.15, 0.2) is 35.7 Å². The Bertz CT molecular complexity index is 754. The number of amides is 1. The monoisotopic (exact) mass is 357 g/mol. The topological polar surface area (TPSA) is 46.6 Å². The normalized spacial score (nSPS) is 14.5. The fourth-order valence-electron chi connectivity index (χ4n) is 3.19. The minimum atomic E-state index is -0.791. The number of thiophene rings is 1. The zero-order valence-corrected chi connectivity index (χ0v) is 15.5. The van der Waals surface area contributed by atoms with Gasteiger partial charge in [-0.25, -0.2) is 4.79 Å². The lowest BCUT2D eigenvalue weighted by atomic mass is 9.96. The number of hydrogen-bond donors (Lipinski definition) is 0. The summed E-state index contributed by atoms with van der Waals surface area (Å²) in [4.78, 5) is 27.9. The van der Waals surface area contributed by atoms with Crippen molar-refractivity contribution >= 4 is 23.2 Å². The van der Waals surface area contributed by atoms with Crippen molar-refractivity contribution in [1.82, 2.24) is 4.90 Å². The van der Waals surface area contributed by atoms with Crippen LogP contribution in [-0.4, -0.2) is 29.9 Å². The Kier molecular flexibility index (Phi) is 5.53.